The maximum Gasteiger partial charge on any atom is 0.116 e. The number of ether oxygens (including phenoxy) is 3. The van der Waals surface area contributed by atoms with Gasteiger partial charge in [-0.3, -0.25) is 0 Å². The highest BCUT2D eigenvalue weighted by Gasteiger charge is 2.34. The zero-order valence-corrected chi connectivity index (χ0v) is 15.8. The minimum absolute atomic E-state index is 0.175. The van der Waals surface area contributed by atoms with Gasteiger partial charge in [-0.1, -0.05) is 46.1 Å². The quantitative estimate of drug-likeness (QED) is 0.313. The minimum Gasteiger partial charge on any atom is -0.388 e. The van der Waals surface area contributed by atoms with Crippen molar-refractivity contribution in [1.29, 1.82) is 0 Å². The molecule has 0 spiro atoms. The highest BCUT2D eigenvalue weighted by molar-refractivity contribution is 4.92. The predicted molar refractivity (Wildman–Crippen MR) is 97.2 cm³/mol. The first-order valence-corrected chi connectivity index (χ1v) is 9.41. The van der Waals surface area contributed by atoms with Crippen molar-refractivity contribution in [3.05, 3.63) is 12.7 Å². The molecule has 0 aliphatic rings. The van der Waals surface area contributed by atoms with E-state index in [1.54, 1.807) is 0 Å². The van der Waals surface area contributed by atoms with Gasteiger partial charge in [0.2, 0.25) is 0 Å². The van der Waals surface area contributed by atoms with Gasteiger partial charge in [0.05, 0.1) is 6.61 Å². The largest absolute Gasteiger partial charge is 0.388 e. The van der Waals surface area contributed by atoms with E-state index in [2.05, 4.69) is 27.4 Å². The van der Waals surface area contributed by atoms with Gasteiger partial charge in [-0.05, 0) is 19.3 Å². The van der Waals surface area contributed by atoms with Crippen LogP contribution in [0.4, 0.5) is 0 Å². The van der Waals surface area contributed by atoms with E-state index in [4.69, 9.17) is 14.2 Å². The average molecular weight is 347 g/mol. The third-order valence-corrected chi connectivity index (χ3v) is 3.83. The lowest BCUT2D eigenvalue weighted by Gasteiger charge is -2.33. The van der Waals surface area contributed by atoms with Gasteiger partial charge in [0.1, 0.15) is 24.4 Å². The zero-order chi connectivity index (χ0) is 18.2. The average Bonchev–Trinajstić information content (AvgIpc) is 2.59. The standard InChI is InChI=1S/C19H38O5/c1-5-9-12-22-15-17(21)19(24-14-11-7-3)18(16(20)8-4)23-13-10-6-2/h8,16-21H,4-7,9-15H2,1-3H3/t16-,17+,18+,19+/m0/s1. The molecule has 0 fully saturated rings. The smallest absolute Gasteiger partial charge is 0.116 e. The van der Waals surface area contributed by atoms with Crippen molar-refractivity contribution in [2.75, 3.05) is 26.4 Å². The Morgan fingerprint density at radius 3 is 1.83 bits per heavy atom. The Morgan fingerprint density at radius 1 is 0.833 bits per heavy atom. The Bertz CT molecular complexity index is 285. The minimum atomic E-state index is -0.890. The number of rotatable bonds is 17. The summed E-state index contributed by atoms with van der Waals surface area (Å²) >= 11 is 0. The van der Waals surface area contributed by atoms with E-state index < -0.39 is 24.4 Å². The summed E-state index contributed by atoms with van der Waals surface area (Å²) in [6.45, 7) is 11.7. The van der Waals surface area contributed by atoms with Crippen molar-refractivity contribution in [2.24, 2.45) is 0 Å². The molecule has 144 valence electrons. The first kappa shape index (κ1) is 23.5. The maximum absolute atomic E-state index is 10.5. The van der Waals surface area contributed by atoms with Crippen LogP contribution in [0.15, 0.2) is 12.7 Å². The zero-order valence-electron chi connectivity index (χ0n) is 15.8. The third kappa shape index (κ3) is 10.4. The van der Waals surface area contributed by atoms with Gasteiger partial charge in [-0.25, -0.2) is 0 Å². The first-order chi connectivity index (χ1) is 11.6. The van der Waals surface area contributed by atoms with Crippen LogP contribution in [0, 0.1) is 0 Å². The van der Waals surface area contributed by atoms with Crippen molar-refractivity contribution >= 4 is 0 Å². The number of unbranched alkanes of at least 4 members (excludes halogenated alkanes) is 3. The van der Waals surface area contributed by atoms with Crippen molar-refractivity contribution in [1.82, 2.24) is 0 Å². The van der Waals surface area contributed by atoms with E-state index in [0.29, 0.717) is 19.8 Å². The molecule has 0 heterocycles. The molecular weight excluding hydrogens is 308 g/mol. The molecule has 0 radical (unpaired) electrons. The molecule has 24 heavy (non-hydrogen) atoms. The first-order valence-electron chi connectivity index (χ1n) is 9.41. The summed E-state index contributed by atoms with van der Waals surface area (Å²) in [5.74, 6) is 0. The van der Waals surface area contributed by atoms with Crippen LogP contribution in [0.25, 0.3) is 0 Å². The molecule has 5 heteroatoms. The molecule has 0 aliphatic carbocycles. The van der Waals surface area contributed by atoms with E-state index in [-0.39, 0.29) is 6.61 Å². The molecule has 0 bridgehead atoms. The molecule has 0 aromatic heterocycles. The number of hydrogen-bond donors (Lipinski definition) is 2. The van der Waals surface area contributed by atoms with Crippen molar-refractivity contribution < 1.29 is 24.4 Å². The Morgan fingerprint density at radius 2 is 1.33 bits per heavy atom. The molecule has 0 aromatic rings. The fraction of sp³-hybridized carbons (Fsp3) is 0.895. The van der Waals surface area contributed by atoms with Crippen LogP contribution in [0.1, 0.15) is 59.3 Å². The van der Waals surface area contributed by atoms with Gasteiger partial charge in [0, 0.05) is 19.8 Å². The van der Waals surface area contributed by atoms with E-state index in [0.717, 1.165) is 38.5 Å². The number of hydrogen-bond acceptors (Lipinski definition) is 5. The fourth-order valence-electron chi connectivity index (χ4n) is 2.22. The molecule has 4 atom stereocenters. The van der Waals surface area contributed by atoms with E-state index in [1.165, 1.54) is 6.08 Å². The van der Waals surface area contributed by atoms with Crippen molar-refractivity contribution in [3.8, 4) is 0 Å². The lowest BCUT2D eigenvalue weighted by Crippen LogP contribution is -2.49. The van der Waals surface area contributed by atoms with Crippen molar-refractivity contribution in [3.63, 3.8) is 0 Å². The van der Waals surface area contributed by atoms with Crippen LogP contribution in [0.5, 0.6) is 0 Å². The summed E-state index contributed by atoms with van der Waals surface area (Å²) in [4.78, 5) is 0. The molecule has 0 amide bonds. The van der Waals surface area contributed by atoms with Gasteiger partial charge < -0.3 is 24.4 Å². The molecule has 0 aliphatic heterocycles. The van der Waals surface area contributed by atoms with Crippen LogP contribution >= 0.6 is 0 Å². The number of aliphatic hydroxyl groups excluding tert-OH is 2. The molecule has 2 N–H and O–H groups in total. The van der Waals surface area contributed by atoms with Crippen LogP contribution < -0.4 is 0 Å². The second-order valence-electron chi connectivity index (χ2n) is 6.10. The van der Waals surface area contributed by atoms with Gasteiger partial charge >= 0.3 is 0 Å². The summed E-state index contributed by atoms with van der Waals surface area (Å²) in [7, 11) is 0. The molecule has 0 unspecified atom stereocenters. The Hall–Kier alpha value is -0.460. The Labute approximate surface area is 148 Å². The van der Waals surface area contributed by atoms with Gasteiger partial charge in [0.25, 0.3) is 0 Å². The highest BCUT2D eigenvalue weighted by Crippen LogP contribution is 2.16. The lowest BCUT2D eigenvalue weighted by molar-refractivity contribution is -0.160. The number of aliphatic hydroxyl groups is 2. The van der Waals surface area contributed by atoms with Crippen molar-refractivity contribution in [2.45, 2.75) is 83.7 Å². The highest BCUT2D eigenvalue weighted by atomic mass is 16.6. The van der Waals surface area contributed by atoms with Crippen LogP contribution in [-0.4, -0.2) is 61.1 Å². The van der Waals surface area contributed by atoms with E-state index >= 15 is 0 Å². The monoisotopic (exact) mass is 346 g/mol. The van der Waals surface area contributed by atoms with Crippen LogP contribution in [-0.2, 0) is 14.2 Å². The van der Waals surface area contributed by atoms with Gasteiger partial charge in [-0.15, -0.1) is 6.58 Å². The third-order valence-electron chi connectivity index (χ3n) is 3.83. The summed E-state index contributed by atoms with van der Waals surface area (Å²) in [5.41, 5.74) is 0. The molecule has 0 saturated heterocycles. The second-order valence-corrected chi connectivity index (χ2v) is 6.10. The van der Waals surface area contributed by atoms with E-state index in [1.807, 2.05) is 0 Å². The lowest BCUT2D eigenvalue weighted by atomic mass is 10.0. The molecule has 0 aromatic carbocycles. The van der Waals surface area contributed by atoms with Crippen LogP contribution in [0.3, 0.4) is 0 Å². The van der Waals surface area contributed by atoms with Gasteiger partial charge in [0.15, 0.2) is 0 Å². The van der Waals surface area contributed by atoms with E-state index in [9.17, 15) is 10.2 Å². The molecule has 5 nitrogen and oxygen atoms in total. The Kier molecular flexibility index (Phi) is 15.7. The SMILES string of the molecule is C=C[C@H](O)[C@@H](OCCCC)[C@H](OCCCC)[C@H](O)COCCCC. The maximum atomic E-state index is 10.5. The predicted octanol–water partition coefficient (Wildman–Crippen LogP) is 3.08. The summed E-state index contributed by atoms with van der Waals surface area (Å²) in [6, 6.07) is 0. The normalized spacial score (nSPS) is 16.5. The summed E-state index contributed by atoms with van der Waals surface area (Å²) < 4.78 is 17.2. The summed E-state index contributed by atoms with van der Waals surface area (Å²) in [5, 5.41) is 20.7. The van der Waals surface area contributed by atoms with Crippen LogP contribution in [0.2, 0.25) is 0 Å². The molecular formula is C19H38O5. The fourth-order valence-corrected chi connectivity index (χ4v) is 2.22. The second kappa shape index (κ2) is 16.0. The van der Waals surface area contributed by atoms with Gasteiger partial charge in [-0.2, -0.15) is 0 Å². The Balaban J connectivity index is 4.80. The molecule has 0 rings (SSSR count). The topological polar surface area (TPSA) is 68.2 Å². The summed E-state index contributed by atoms with van der Waals surface area (Å²) in [6.07, 6.45) is 4.21. The molecule has 0 saturated carbocycles.